The Morgan fingerprint density at radius 3 is 2.52 bits per heavy atom. The first-order valence-electron chi connectivity index (χ1n) is 6.03. The van der Waals surface area contributed by atoms with Gasteiger partial charge in [0.15, 0.2) is 11.6 Å². The Labute approximate surface area is 148 Å². The number of hydrogen-bond donors (Lipinski definition) is 0. The predicted octanol–water partition coefficient (Wildman–Crippen LogP) is 4.83. The molecule has 0 aromatic heterocycles. The minimum Gasteiger partial charge on any atom is -0.218 e. The Bertz CT molecular complexity index is 950. The van der Waals surface area contributed by atoms with Crippen LogP contribution in [-0.4, -0.2) is 8.42 Å². The number of halogens is 4. The lowest BCUT2D eigenvalue weighted by Crippen LogP contribution is -2.05. The van der Waals surface area contributed by atoms with E-state index in [4.69, 9.17) is 5.26 Å². The van der Waals surface area contributed by atoms with Crippen LogP contribution in [0.1, 0.15) is 5.56 Å². The van der Waals surface area contributed by atoms with Crippen molar-refractivity contribution in [2.75, 3.05) is 0 Å². The van der Waals surface area contributed by atoms with Gasteiger partial charge >= 0.3 is 0 Å². The maximum absolute atomic E-state index is 13.7. The van der Waals surface area contributed by atoms with E-state index < -0.39 is 26.4 Å². The SMILES string of the molecule is N#C/C(=C/c1cccc(F)c1F)S(=O)(=O)c1cc(Br)ccc1Br. The Hall–Kier alpha value is -1.56. The van der Waals surface area contributed by atoms with Crippen molar-refractivity contribution in [1.82, 2.24) is 0 Å². The van der Waals surface area contributed by atoms with Crippen LogP contribution in [0.25, 0.3) is 6.08 Å². The summed E-state index contributed by atoms with van der Waals surface area (Å²) in [7, 11) is -4.20. The Morgan fingerprint density at radius 1 is 1.17 bits per heavy atom. The highest BCUT2D eigenvalue weighted by Gasteiger charge is 2.24. The van der Waals surface area contributed by atoms with Crippen molar-refractivity contribution < 1.29 is 17.2 Å². The minimum absolute atomic E-state index is 0.156. The summed E-state index contributed by atoms with van der Waals surface area (Å²) >= 11 is 6.26. The predicted molar refractivity (Wildman–Crippen MR) is 89.0 cm³/mol. The number of nitrogens with zero attached hydrogens (tertiary/aromatic N) is 1. The molecular formula is C15H7Br2F2NO2S. The summed E-state index contributed by atoms with van der Waals surface area (Å²) < 4.78 is 52.8. The third-order valence-corrected chi connectivity index (χ3v) is 6.00. The molecule has 0 N–H and O–H groups in total. The molecule has 2 aromatic carbocycles. The molecule has 0 aliphatic carbocycles. The summed E-state index contributed by atoms with van der Waals surface area (Å²) in [4.78, 5) is -0.850. The minimum atomic E-state index is -4.20. The lowest BCUT2D eigenvalue weighted by molar-refractivity contribution is 0.507. The third-order valence-electron chi connectivity index (χ3n) is 2.85. The molecule has 3 nitrogen and oxygen atoms in total. The molecule has 0 atom stereocenters. The summed E-state index contributed by atoms with van der Waals surface area (Å²) in [6.45, 7) is 0. The van der Waals surface area contributed by atoms with Gasteiger partial charge in [-0.25, -0.2) is 17.2 Å². The zero-order chi connectivity index (χ0) is 17.2. The van der Waals surface area contributed by atoms with Crippen molar-refractivity contribution in [1.29, 1.82) is 5.26 Å². The monoisotopic (exact) mass is 461 g/mol. The molecule has 0 radical (unpaired) electrons. The van der Waals surface area contributed by atoms with Crippen molar-refractivity contribution in [2.24, 2.45) is 0 Å². The van der Waals surface area contributed by atoms with Crippen LogP contribution in [0, 0.1) is 23.0 Å². The van der Waals surface area contributed by atoms with Gasteiger partial charge in [-0.2, -0.15) is 5.26 Å². The zero-order valence-corrected chi connectivity index (χ0v) is 15.2. The highest BCUT2D eigenvalue weighted by molar-refractivity contribution is 9.11. The molecule has 0 heterocycles. The molecule has 2 aromatic rings. The van der Waals surface area contributed by atoms with Crippen LogP contribution in [0.2, 0.25) is 0 Å². The summed E-state index contributed by atoms with van der Waals surface area (Å²) in [6.07, 6.45) is 0.807. The normalized spacial score (nSPS) is 12.0. The molecule has 0 spiro atoms. The van der Waals surface area contributed by atoms with Crippen molar-refractivity contribution in [3.05, 3.63) is 67.4 Å². The highest BCUT2D eigenvalue weighted by atomic mass is 79.9. The van der Waals surface area contributed by atoms with Crippen LogP contribution in [0.3, 0.4) is 0 Å². The molecule has 0 saturated heterocycles. The fourth-order valence-electron chi connectivity index (χ4n) is 1.74. The summed E-state index contributed by atoms with van der Waals surface area (Å²) in [6, 6.07) is 9.26. The number of hydrogen-bond acceptors (Lipinski definition) is 3. The molecule has 0 unspecified atom stereocenters. The Kier molecular flexibility index (Phi) is 5.34. The van der Waals surface area contributed by atoms with E-state index in [9.17, 15) is 17.2 Å². The third kappa shape index (κ3) is 3.68. The van der Waals surface area contributed by atoms with E-state index in [0.29, 0.717) is 4.47 Å². The number of sulfone groups is 1. The molecular weight excluding hydrogens is 456 g/mol. The van der Waals surface area contributed by atoms with E-state index in [-0.39, 0.29) is 14.9 Å². The van der Waals surface area contributed by atoms with Crippen LogP contribution in [-0.2, 0) is 9.84 Å². The largest absolute Gasteiger partial charge is 0.218 e. The average Bonchev–Trinajstić information content (AvgIpc) is 2.50. The molecule has 2 rings (SSSR count). The lowest BCUT2D eigenvalue weighted by atomic mass is 10.2. The second kappa shape index (κ2) is 6.91. The molecule has 0 amide bonds. The Balaban J connectivity index is 2.65. The van der Waals surface area contributed by atoms with Crippen LogP contribution >= 0.6 is 31.9 Å². The lowest BCUT2D eigenvalue weighted by Gasteiger charge is -2.07. The first-order chi connectivity index (χ1) is 10.8. The van der Waals surface area contributed by atoms with Crippen molar-refractivity contribution in [3.63, 3.8) is 0 Å². The number of nitriles is 1. The molecule has 0 saturated carbocycles. The quantitative estimate of drug-likeness (QED) is 0.614. The topological polar surface area (TPSA) is 57.9 Å². The Morgan fingerprint density at radius 2 is 1.87 bits per heavy atom. The molecule has 8 heteroatoms. The van der Waals surface area contributed by atoms with Crippen molar-refractivity contribution >= 4 is 47.8 Å². The van der Waals surface area contributed by atoms with Crippen LogP contribution in [0.15, 0.2) is 55.1 Å². The second-order valence-electron chi connectivity index (χ2n) is 4.34. The molecule has 23 heavy (non-hydrogen) atoms. The van der Waals surface area contributed by atoms with Crippen molar-refractivity contribution in [2.45, 2.75) is 4.90 Å². The average molecular weight is 463 g/mol. The molecule has 0 aliphatic heterocycles. The van der Waals surface area contributed by atoms with Gasteiger partial charge in [0.25, 0.3) is 0 Å². The van der Waals surface area contributed by atoms with E-state index in [1.165, 1.54) is 30.3 Å². The van der Waals surface area contributed by atoms with Gasteiger partial charge in [-0.1, -0.05) is 28.1 Å². The van der Waals surface area contributed by atoms with Gasteiger partial charge in [-0.15, -0.1) is 0 Å². The highest BCUT2D eigenvalue weighted by Crippen LogP contribution is 2.31. The fourth-order valence-corrected chi connectivity index (χ4v) is 4.39. The fraction of sp³-hybridized carbons (Fsp3) is 0. The van der Waals surface area contributed by atoms with Gasteiger partial charge in [0.1, 0.15) is 11.0 Å². The zero-order valence-electron chi connectivity index (χ0n) is 11.2. The molecule has 0 bridgehead atoms. The molecule has 0 fully saturated rings. The van der Waals surface area contributed by atoms with Crippen molar-refractivity contribution in [3.8, 4) is 6.07 Å². The molecule has 118 valence electrons. The first-order valence-corrected chi connectivity index (χ1v) is 9.10. The first kappa shape index (κ1) is 17.8. The number of rotatable bonds is 3. The van der Waals surface area contributed by atoms with Crippen LogP contribution in [0.4, 0.5) is 8.78 Å². The summed E-state index contributed by atoms with van der Waals surface area (Å²) in [5, 5.41) is 9.16. The maximum atomic E-state index is 13.7. The van der Waals surface area contributed by atoms with E-state index in [0.717, 1.165) is 12.1 Å². The van der Waals surface area contributed by atoms with Gasteiger partial charge in [0.05, 0.1) is 4.90 Å². The standard InChI is InChI=1S/C15H7Br2F2NO2S/c16-10-4-5-12(17)14(7-10)23(21,22)11(8-20)6-9-2-1-3-13(18)15(9)19/h1-7H/b11-6-. The van der Waals surface area contributed by atoms with Gasteiger partial charge in [-0.3, -0.25) is 0 Å². The van der Waals surface area contributed by atoms with Gasteiger partial charge in [0, 0.05) is 14.5 Å². The van der Waals surface area contributed by atoms with E-state index in [1.54, 1.807) is 6.07 Å². The van der Waals surface area contributed by atoms with Gasteiger partial charge in [0.2, 0.25) is 9.84 Å². The second-order valence-corrected chi connectivity index (χ2v) is 8.00. The summed E-state index contributed by atoms with van der Waals surface area (Å²) in [5.74, 6) is -2.35. The smallest absolute Gasteiger partial charge is 0.217 e. The summed E-state index contributed by atoms with van der Waals surface area (Å²) in [5.41, 5.74) is -0.323. The van der Waals surface area contributed by atoms with Crippen LogP contribution < -0.4 is 0 Å². The van der Waals surface area contributed by atoms with Gasteiger partial charge in [-0.05, 0) is 46.3 Å². The number of allylic oxidation sites excluding steroid dienone is 1. The van der Waals surface area contributed by atoms with E-state index in [1.807, 2.05) is 0 Å². The van der Waals surface area contributed by atoms with Crippen LogP contribution in [0.5, 0.6) is 0 Å². The molecule has 0 aliphatic rings. The van der Waals surface area contributed by atoms with E-state index in [2.05, 4.69) is 31.9 Å². The number of benzene rings is 2. The van der Waals surface area contributed by atoms with Gasteiger partial charge < -0.3 is 0 Å². The van der Waals surface area contributed by atoms with E-state index >= 15 is 0 Å². The maximum Gasteiger partial charge on any atom is 0.217 e.